The van der Waals surface area contributed by atoms with Crippen LogP contribution < -0.4 is 10.6 Å². The number of aliphatic carboxylic acids is 1. The summed E-state index contributed by atoms with van der Waals surface area (Å²) in [5.74, 6) is -0.958. The van der Waals surface area contributed by atoms with Crippen molar-refractivity contribution in [2.75, 3.05) is 0 Å². The summed E-state index contributed by atoms with van der Waals surface area (Å²) in [5, 5.41) is 15.5. The number of aryl methyl sites for hydroxylation is 1. The van der Waals surface area contributed by atoms with Crippen LogP contribution in [0, 0.1) is 5.41 Å². The normalized spacial score (nSPS) is 12.0. The molecular formula is C14H23N3O3S. The van der Waals surface area contributed by atoms with Gasteiger partial charge in [-0.1, -0.05) is 6.92 Å². The van der Waals surface area contributed by atoms with E-state index in [1.54, 1.807) is 45.2 Å². The van der Waals surface area contributed by atoms with Crippen molar-refractivity contribution >= 4 is 23.3 Å². The van der Waals surface area contributed by atoms with Crippen LogP contribution in [0.25, 0.3) is 0 Å². The molecule has 0 aliphatic heterocycles. The Labute approximate surface area is 129 Å². The molecule has 7 heteroatoms. The number of carbonyl (C=O) groups is 2. The number of nitrogens with one attached hydrogen (secondary N) is 2. The van der Waals surface area contributed by atoms with Crippen LogP contribution in [0.4, 0.5) is 4.79 Å². The van der Waals surface area contributed by atoms with Gasteiger partial charge in [0.1, 0.15) is 5.01 Å². The third-order valence-corrected chi connectivity index (χ3v) is 5.01. The highest BCUT2D eigenvalue weighted by atomic mass is 32.1. The third-order valence-electron chi connectivity index (χ3n) is 3.87. The molecule has 0 aromatic carbocycles. The number of aromatic nitrogens is 1. The van der Waals surface area contributed by atoms with Crippen molar-refractivity contribution < 1.29 is 14.7 Å². The molecule has 0 saturated carbocycles. The highest BCUT2D eigenvalue weighted by Crippen LogP contribution is 2.30. The molecule has 1 aromatic heterocycles. The van der Waals surface area contributed by atoms with Crippen molar-refractivity contribution in [3.8, 4) is 0 Å². The van der Waals surface area contributed by atoms with Gasteiger partial charge < -0.3 is 15.7 Å². The SMILES string of the molecule is CCc1cnc(CNC(=O)NC(C)(C)C(C)(C)C(=O)O)s1. The molecule has 0 spiro atoms. The average molecular weight is 313 g/mol. The first-order valence-electron chi connectivity index (χ1n) is 6.83. The Hall–Kier alpha value is -1.63. The van der Waals surface area contributed by atoms with Gasteiger partial charge in [-0.15, -0.1) is 11.3 Å². The molecule has 118 valence electrons. The number of carboxylic acid groups (broad SMARTS) is 1. The van der Waals surface area contributed by atoms with E-state index >= 15 is 0 Å². The molecule has 0 aliphatic carbocycles. The van der Waals surface area contributed by atoms with E-state index in [9.17, 15) is 14.7 Å². The maximum absolute atomic E-state index is 11.9. The molecule has 21 heavy (non-hydrogen) atoms. The molecular weight excluding hydrogens is 290 g/mol. The van der Waals surface area contributed by atoms with Gasteiger partial charge in [-0.25, -0.2) is 9.78 Å². The number of nitrogens with zero attached hydrogens (tertiary/aromatic N) is 1. The summed E-state index contributed by atoms with van der Waals surface area (Å²) in [4.78, 5) is 28.6. The lowest BCUT2D eigenvalue weighted by Gasteiger charge is -2.38. The van der Waals surface area contributed by atoms with Crippen LogP contribution in [-0.2, 0) is 17.8 Å². The molecule has 0 atom stereocenters. The summed E-state index contributed by atoms with van der Waals surface area (Å²) in [6, 6.07) is -0.400. The summed E-state index contributed by atoms with van der Waals surface area (Å²) in [6.45, 7) is 8.94. The van der Waals surface area contributed by atoms with E-state index in [0.717, 1.165) is 11.4 Å². The van der Waals surface area contributed by atoms with Gasteiger partial charge in [0.05, 0.1) is 17.5 Å². The minimum Gasteiger partial charge on any atom is -0.481 e. The van der Waals surface area contributed by atoms with Crippen molar-refractivity contribution in [1.29, 1.82) is 0 Å². The number of rotatable bonds is 6. The number of thiazole rings is 1. The van der Waals surface area contributed by atoms with Crippen LogP contribution in [0.5, 0.6) is 0 Å². The summed E-state index contributed by atoms with van der Waals surface area (Å²) >= 11 is 1.56. The fourth-order valence-corrected chi connectivity index (χ4v) is 2.30. The molecule has 0 unspecified atom stereocenters. The van der Waals surface area contributed by atoms with Crippen molar-refractivity contribution in [3.05, 3.63) is 16.1 Å². The summed E-state index contributed by atoms with van der Waals surface area (Å²) in [7, 11) is 0. The van der Waals surface area contributed by atoms with E-state index in [1.807, 2.05) is 6.92 Å². The van der Waals surface area contributed by atoms with Crippen LogP contribution in [0.15, 0.2) is 6.20 Å². The number of carboxylic acids is 1. The predicted octanol–water partition coefficient (Wildman–Crippen LogP) is 2.39. The summed E-state index contributed by atoms with van der Waals surface area (Å²) in [5.41, 5.74) is -1.97. The highest BCUT2D eigenvalue weighted by molar-refractivity contribution is 7.11. The highest BCUT2D eigenvalue weighted by Gasteiger charge is 2.44. The second kappa shape index (κ2) is 6.43. The Bertz CT molecular complexity index is 523. The van der Waals surface area contributed by atoms with Gasteiger partial charge in [-0.3, -0.25) is 4.79 Å². The topological polar surface area (TPSA) is 91.3 Å². The van der Waals surface area contributed by atoms with Crippen LogP contribution in [0.2, 0.25) is 0 Å². The Kier molecular flexibility index (Phi) is 5.33. The Morgan fingerprint density at radius 2 is 1.95 bits per heavy atom. The van der Waals surface area contributed by atoms with Crippen molar-refractivity contribution in [1.82, 2.24) is 15.6 Å². The first-order chi connectivity index (χ1) is 9.60. The van der Waals surface area contributed by atoms with Crippen LogP contribution >= 0.6 is 11.3 Å². The third kappa shape index (κ3) is 4.17. The fraction of sp³-hybridized carbons (Fsp3) is 0.643. The minimum absolute atomic E-state index is 0.333. The fourth-order valence-electron chi connectivity index (χ4n) is 1.50. The first-order valence-corrected chi connectivity index (χ1v) is 7.64. The standard InChI is InChI=1S/C14H23N3O3S/c1-6-9-7-15-10(21-9)8-16-12(20)17-14(4,5)13(2,3)11(18)19/h7H,6,8H2,1-5H3,(H,18,19)(H2,16,17,20). The van der Waals surface area contributed by atoms with Gasteiger partial charge in [0.25, 0.3) is 0 Å². The van der Waals surface area contributed by atoms with Crippen molar-refractivity contribution in [3.63, 3.8) is 0 Å². The summed E-state index contributed by atoms with van der Waals surface area (Å²) < 4.78 is 0. The van der Waals surface area contributed by atoms with Gasteiger partial charge >= 0.3 is 12.0 Å². The zero-order chi connectivity index (χ0) is 16.3. The molecule has 1 rings (SSSR count). The van der Waals surface area contributed by atoms with Gasteiger partial charge in [0.2, 0.25) is 0 Å². The lowest BCUT2D eigenvalue weighted by molar-refractivity contribution is -0.150. The molecule has 0 aliphatic rings. The number of carbonyl (C=O) groups excluding carboxylic acids is 1. The second-order valence-electron chi connectivity index (χ2n) is 5.94. The van der Waals surface area contributed by atoms with E-state index in [4.69, 9.17) is 0 Å². The van der Waals surface area contributed by atoms with E-state index in [1.165, 1.54) is 4.88 Å². The largest absolute Gasteiger partial charge is 0.481 e. The molecule has 1 heterocycles. The van der Waals surface area contributed by atoms with Crippen LogP contribution in [0.1, 0.15) is 44.5 Å². The average Bonchev–Trinajstić information content (AvgIpc) is 2.83. The number of amides is 2. The molecule has 0 radical (unpaired) electrons. The predicted molar refractivity (Wildman–Crippen MR) is 82.4 cm³/mol. The molecule has 0 bridgehead atoms. The first kappa shape index (κ1) is 17.4. The lowest BCUT2D eigenvalue weighted by atomic mass is 9.74. The van der Waals surface area contributed by atoms with E-state index in [0.29, 0.717) is 6.54 Å². The maximum atomic E-state index is 11.9. The lowest BCUT2D eigenvalue weighted by Crippen LogP contribution is -2.58. The molecule has 3 N–H and O–H groups in total. The second-order valence-corrected chi connectivity index (χ2v) is 7.14. The van der Waals surface area contributed by atoms with Crippen molar-refractivity contribution in [2.45, 2.75) is 53.1 Å². The van der Waals surface area contributed by atoms with Crippen LogP contribution in [-0.4, -0.2) is 27.6 Å². The molecule has 6 nitrogen and oxygen atoms in total. The number of hydrogen-bond acceptors (Lipinski definition) is 4. The van der Waals surface area contributed by atoms with Crippen molar-refractivity contribution in [2.24, 2.45) is 5.41 Å². The Balaban J connectivity index is 2.58. The molecule has 0 saturated heterocycles. The quantitative estimate of drug-likeness (QED) is 0.752. The van der Waals surface area contributed by atoms with E-state index in [-0.39, 0.29) is 0 Å². The Morgan fingerprint density at radius 3 is 2.43 bits per heavy atom. The minimum atomic E-state index is -1.08. The molecule has 2 amide bonds. The molecule has 0 fully saturated rings. The zero-order valence-corrected chi connectivity index (χ0v) is 13.9. The van der Waals surface area contributed by atoms with Gasteiger partial charge in [-0.2, -0.15) is 0 Å². The number of hydrogen-bond donors (Lipinski definition) is 3. The van der Waals surface area contributed by atoms with E-state index < -0.39 is 23.0 Å². The monoisotopic (exact) mass is 313 g/mol. The van der Waals surface area contributed by atoms with Gasteiger partial charge in [0, 0.05) is 11.1 Å². The summed E-state index contributed by atoms with van der Waals surface area (Å²) in [6.07, 6.45) is 2.72. The Morgan fingerprint density at radius 1 is 1.33 bits per heavy atom. The maximum Gasteiger partial charge on any atom is 0.315 e. The zero-order valence-electron chi connectivity index (χ0n) is 13.1. The molecule has 1 aromatic rings. The van der Waals surface area contributed by atoms with Gasteiger partial charge in [0.15, 0.2) is 0 Å². The van der Waals surface area contributed by atoms with Crippen LogP contribution in [0.3, 0.4) is 0 Å². The van der Waals surface area contributed by atoms with Gasteiger partial charge in [-0.05, 0) is 34.1 Å². The smallest absolute Gasteiger partial charge is 0.315 e. The number of urea groups is 1. The van der Waals surface area contributed by atoms with E-state index in [2.05, 4.69) is 15.6 Å².